The molecule has 18 heavy (non-hydrogen) atoms. The number of nitrogens with one attached hydrogen (secondary N) is 1. The highest BCUT2D eigenvalue weighted by molar-refractivity contribution is 5.94. The van der Waals surface area contributed by atoms with Gasteiger partial charge in [-0.05, 0) is 31.9 Å². The van der Waals surface area contributed by atoms with E-state index in [9.17, 15) is 9.90 Å². The molecule has 1 rings (SSSR count). The standard InChI is InChI=1S/C13H20N2O3/c1-4-5-10(16)7-14-12-11(13(17)18)8(2)6-9(3)15-12/h6,10,16H,4-5,7H2,1-3H3,(H,14,15)(H,17,18). The molecule has 100 valence electrons. The highest BCUT2D eigenvalue weighted by Gasteiger charge is 2.16. The molecule has 1 aromatic heterocycles. The number of hydrogen-bond acceptors (Lipinski definition) is 4. The first-order chi connectivity index (χ1) is 8.45. The van der Waals surface area contributed by atoms with Gasteiger partial charge in [0.1, 0.15) is 11.4 Å². The molecule has 0 bridgehead atoms. The molecule has 1 atom stereocenters. The number of carbonyl (C=O) groups is 1. The fraction of sp³-hybridized carbons (Fsp3) is 0.538. The van der Waals surface area contributed by atoms with E-state index in [1.807, 2.05) is 13.8 Å². The first kappa shape index (κ1) is 14.4. The van der Waals surface area contributed by atoms with Crippen LogP contribution in [0.25, 0.3) is 0 Å². The molecule has 0 aliphatic rings. The zero-order valence-electron chi connectivity index (χ0n) is 11.0. The van der Waals surface area contributed by atoms with Gasteiger partial charge in [-0.15, -0.1) is 0 Å². The maximum atomic E-state index is 11.2. The van der Waals surface area contributed by atoms with Crippen molar-refractivity contribution in [3.05, 3.63) is 22.9 Å². The SMILES string of the molecule is CCCC(O)CNc1nc(C)cc(C)c1C(=O)O. The largest absolute Gasteiger partial charge is 0.478 e. The summed E-state index contributed by atoms with van der Waals surface area (Å²) in [4.78, 5) is 15.4. The van der Waals surface area contributed by atoms with Crippen LogP contribution in [0, 0.1) is 13.8 Å². The number of rotatable bonds is 6. The van der Waals surface area contributed by atoms with Crippen LogP contribution in [0.5, 0.6) is 0 Å². The van der Waals surface area contributed by atoms with Crippen molar-refractivity contribution in [1.82, 2.24) is 4.98 Å². The predicted molar refractivity (Wildman–Crippen MR) is 70.1 cm³/mol. The van der Waals surface area contributed by atoms with Gasteiger partial charge >= 0.3 is 5.97 Å². The Labute approximate surface area is 107 Å². The molecule has 5 heteroatoms. The van der Waals surface area contributed by atoms with E-state index in [1.54, 1.807) is 13.0 Å². The Kier molecular flexibility index (Phi) is 5.09. The molecule has 0 aliphatic heterocycles. The summed E-state index contributed by atoms with van der Waals surface area (Å²) in [5, 5.41) is 21.7. The third-order valence-corrected chi connectivity index (χ3v) is 2.69. The summed E-state index contributed by atoms with van der Waals surface area (Å²) in [7, 11) is 0. The normalized spacial score (nSPS) is 12.2. The predicted octanol–water partition coefficient (Wildman–Crippen LogP) is 1.97. The summed E-state index contributed by atoms with van der Waals surface area (Å²) in [5.41, 5.74) is 1.59. The van der Waals surface area contributed by atoms with Gasteiger partial charge in [-0.25, -0.2) is 9.78 Å². The van der Waals surface area contributed by atoms with Gasteiger partial charge < -0.3 is 15.5 Å². The maximum Gasteiger partial charge on any atom is 0.339 e. The Morgan fingerprint density at radius 3 is 2.72 bits per heavy atom. The molecule has 1 unspecified atom stereocenters. The topological polar surface area (TPSA) is 82.5 Å². The van der Waals surface area contributed by atoms with Crippen molar-refractivity contribution in [2.75, 3.05) is 11.9 Å². The first-order valence-corrected chi connectivity index (χ1v) is 6.09. The van der Waals surface area contributed by atoms with Gasteiger partial charge in [0, 0.05) is 12.2 Å². The molecule has 3 N–H and O–H groups in total. The van der Waals surface area contributed by atoms with Gasteiger partial charge in [0.25, 0.3) is 0 Å². The highest BCUT2D eigenvalue weighted by Crippen LogP contribution is 2.18. The van der Waals surface area contributed by atoms with Crippen LogP contribution in [0.1, 0.15) is 41.4 Å². The Morgan fingerprint density at radius 1 is 1.50 bits per heavy atom. The van der Waals surface area contributed by atoms with Crippen LogP contribution in [-0.4, -0.2) is 33.8 Å². The van der Waals surface area contributed by atoms with Crippen molar-refractivity contribution in [2.24, 2.45) is 0 Å². The van der Waals surface area contributed by atoms with Crippen LogP contribution in [0.15, 0.2) is 6.07 Å². The molecule has 0 aliphatic carbocycles. The Morgan fingerprint density at radius 2 is 2.17 bits per heavy atom. The van der Waals surface area contributed by atoms with E-state index < -0.39 is 12.1 Å². The van der Waals surface area contributed by atoms with Crippen LogP contribution < -0.4 is 5.32 Å². The molecule has 0 radical (unpaired) electrons. The average molecular weight is 252 g/mol. The Balaban J connectivity index is 2.90. The zero-order valence-corrected chi connectivity index (χ0v) is 11.0. The quantitative estimate of drug-likeness (QED) is 0.721. The monoisotopic (exact) mass is 252 g/mol. The van der Waals surface area contributed by atoms with Gasteiger partial charge in [0.05, 0.1) is 6.10 Å². The van der Waals surface area contributed by atoms with Crippen LogP contribution >= 0.6 is 0 Å². The van der Waals surface area contributed by atoms with Crippen LogP contribution in [0.2, 0.25) is 0 Å². The average Bonchev–Trinajstić information content (AvgIpc) is 2.25. The smallest absolute Gasteiger partial charge is 0.339 e. The number of aromatic carboxylic acids is 1. The summed E-state index contributed by atoms with van der Waals surface area (Å²) in [6.07, 6.45) is 1.08. The molecule has 0 spiro atoms. The van der Waals surface area contributed by atoms with Crippen molar-refractivity contribution in [2.45, 2.75) is 39.7 Å². The minimum atomic E-state index is -1.01. The lowest BCUT2D eigenvalue weighted by molar-refractivity contribution is 0.0696. The number of anilines is 1. The van der Waals surface area contributed by atoms with Gasteiger partial charge in [-0.2, -0.15) is 0 Å². The molecule has 0 fully saturated rings. The number of pyridine rings is 1. The third kappa shape index (κ3) is 3.70. The molecular formula is C13H20N2O3. The fourth-order valence-electron chi connectivity index (χ4n) is 1.88. The van der Waals surface area contributed by atoms with Gasteiger partial charge in [0.2, 0.25) is 0 Å². The maximum absolute atomic E-state index is 11.2. The number of carboxylic acids is 1. The molecule has 5 nitrogen and oxygen atoms in total. The lowest BCUT2D eigenvalue weighted by Gasteiger charge is -2.14. The Bertz CT molecular complexity index is 432. The van der Waals surface area contributed by atoms with E-state index in [2.05, 4.69) is 10.3 Å². The second kappa shape index (κ2) is 6.35. The number of nitrogens with zero attached hydrogens (tertiary/aromatic N) is 1. The summed E-state index contributed by atoms with van der Waals surface area (Å²) in [5.74, 6) is -0.678. The Hall–Kier alpha value is -1.62. The van der Waals surface area contributed by atoms with Crippen molar-refractivity contribution in [3.8, 4) is 0 Å². The van der Waals surface area contributed by atoms with E-state index in [-0.39, 0.29) is 5.56 Å². The van der Waals surface area contributed by atoms with Crippen molar-refractivity contribution < 1.29 is 15.0 Å². The second-order valence-corrected chi connectivity index (χ2v) is 4.43. The fourth-order valence-corrected chi connectivity index (χ4v) is 1.88. The van der Waals surface area contributed by atoms with E-state index in [0.29, 0.717) is 24.3 Å². The first-order valence-electron chi connectivity index (χ1n) is 6.09. The van der Waals surface area contributed by atoms with Gasteiger partial charge in [0.15, 0.2) is 0 Å². The number of aliphatic hydroxyl groups excluding tert-OH is 1. The lowest BCUT2D eigenvalue weighted by atomic mass is 10.1. The number of aromatic nitrogens is 1. The van der Waals surface area contributed by atoms with Gasteiger partial charge in [-0.3, -0.25) is 0 Å². The van der Waals surface area contributed by atoms with Crippen LogP contribution in [0.3, 0.4) is 0 Å². The summed E-state index contributed by atoms with van der Waals surface area (Å²) >= 11 is 0. The van der Waals surface area contributed by atoms with E-state index in [4.69, 9.17) is 5.11 Å². The van der Waals surface area contributed by atoms with Crippen LogP contribution in [0.4, 0.5) is 5.82 Å². The molecular weight excluding hydrogens is 232 g/mol. The molecule has 1 heterocycles. The number of aliphatic hydroxyl groups is 1. The number of hydrogen-bond donors (Lipinski definition) is 3. The van der Waals surface area contributed by atoms with Crippen molar-refractivity contribution >= 4 is 11.8 Å². The van der Waals surface area contributed by atoms with Crippen LogP contribution in [-0.2, 0) is 0 Å². The van der Waals surface area contributed by atoms with Crippen molar-refractivity contribution in [1.29, 1.82) is 0 Å². The summed E-state index contributed by atoms with van der Waals surface area (Å²) in [6, 6.07) is 1.73. The van der Waals surface area contributed by atoms with E-state index >= 15 is 0 Å². The highest BCUT2D eigenvalue weighted by atomic mass is 16.4. The molecule has 0 saturated carbocycles. The molecule has 0 saturated heterocycles. The van der Waals surface area contributed by atoms with Crippen molar-refractivity contribution in [3.63, 3.8) is 0 Å². The molecule has 0 amide bonds. The number of aryl methyl sites for hydroxylation is 2. The minimum Gasteiger partial charge on any atom is -0.478 e. The lowest BCUT2D eigenvalue weighted by Crippen LogP contribution is -2.21. The molecule has 1 aromatic rings. The summed E-state index contributed by atoms with van der Waals surface area (Å²) < 4.78 is 0. The molecule has 0 aromatic carbocycles. The van der Waals surface area contributed by atoms with E-state index in [0.717, 1.165) is 12.1 Å². The summed E-state index contributed by atoms with van der Waals surface area (Å²) in [6.45, 7) is 5.85. The second-order valence-electron chi connectivity index (χ2n) is 4.43. The third-order valence-electron chi connectivity index (χ3n) is 2.69. The van der Waals surface area contributed by atoms with E-state index in [1.165, 1.54) is 0 Å². The minimum absolute atomic E-state index is 0.171. The number of carboxylic acid groups (broad SMARTS) is 1. The van der Waals surface area contributed by atoms with Gasteiger partial charge in [-0.1, -0.05) is 13.3 Å². The zero-order chi connectivity index (χ0) is 13.7.